The number of aromatic nitrogens is 1. The Hall–Kier alpha value is -4.26. The van der Waals surface area contributed by atoms with Crippen LogP contribution in [0.3, 0.4) is 0 Å². The normalized spacial score (nSPS) is 18.5. The monoisotopic (exact) mass is 453 g/mol. The second-order valence-electron chi connectivity index (χ2n) is 8.54. The van der Waals surface area contributed by atoms with Crippen molar-refractivity contribution in [3.63, 3.8) is 0 Å². The molecule has 1 atom stereocenters. The van der Waals surface area contributed by atoms with E-state index >= 15 is 0 Å². The minimum absolute atomic E-state index is 0.212. The fourth-order valence-corrected chi connectivity index (χ4v) is 5.35. The van der Waals surface area contributed by atoms with Gasteiger partial charge in [0.25, 0.3) is 11.8 Å². The Morgan fingerprint density at radius 3 is 2.47 bits per heavy atom. The van der Waals surface area contributed by atoms with Crippen LogP contribution < -0.4 is 14.8 Å². The molecule has 0 fully saturated rings. The predicted octanol–water partition coefficient (Wildman–Crippen LogP) is 4.08. The molecular formula is C27H23N3O4. The SMILES string of the molecule is COc1ccc(C(=O)N2CCc3c([nH]c4ccc(OC)cc34)C23C(=O)Nc2ccccc23)cc1. The molecule has 2 N–H and O–H groups in total. The number of carbonyl (C=O) groups excluding carboxylic acids is 2. The Labute approximate surface area is 196 Å². The Balaban J connectivity index is 1.60. The largest absolute Gasteiger partial charge is 0.497 e. The second kappa shape index (κ2) is 7.38. The molecule has 1 unspecified atom stereocenters. The molecule has 7 heteroatoms. The molecule has 6 rings (SSSR count). The average Bonchev–Trinajstić information content (AvgIpc) is 3.39. The quantitative estimate of drug-likeness (QED) is 0.490. The summed E-state index contributed by atoms with van der Waals surface area (Å²) in [6, 6.07) is 20.4. The van der Waals surface area contributed by atoms with Gasteiger partial charge in [0.2, 0.25) is 0 Å². The number of benzene rings is 3. The maximum Gasteiger partial charge on any atom is 0.261 e. The Morgan fingerprint density at radius 2 is 1.71 bits per heavy atom. The summed E-state index contributed by atoms with van der Waals surface area (Å²) in [6.07, 6.45) is 0.613. The summed E-state index contributed by atoms with van der Waals surface area (Å²) in [5.74, 6) is 0.962. The molecule has 4 aromatic rings. The van der Waals surface area contributed by atoms with Crippen LogP contribution >= 0.6 is 0 Å². The summed E-state index contributed by atoms with van der Waals surface area (Å²) in [5, 5.41) is 4.03. The number of anilines is 1. The topological polar surface area (TPSA) is 83.7 Å². The van der Waals surface area contributed by atoms with Crippen LogP contribution in [0.4, 0.5) is 5.69 Å². The van der Waals surface area contributed by atoms with Crippen molar-refractivity contribution in [2.24, 2.45) is 0 Å². The highest BCUT2D eigenvalue weighted by atomic mass is 16.5. The number of H-pyrrole nitrogens is 1. The molecule has 0 bridgehead atoms. The van der Waals surface area contributed by atoms with Crippen molar-refractivity contribution in [1.82, 2.24) is 9.88 Å². The highest BCUT2D eigenvalue weighted by Gasteiger charge is 2.58. The Bertz CT molecular complexity index is 1460. The van der Waals surface area contributed by atoms with Gasteiger partial charge in [-0.05, 0) is 60.5 Å². The van der Waals surface area contributed by atoms with Gasteiger partial charge >= 0.3 is 0 Å². The summed E-state index contributed by atoms with van der Waals surface area (Å²) in [5.41, 5.74) is 3.34. The number of nitrogens with zero attached hydrogens (tertiary/aromatic N) is 1. The summed E-state index contributed by atoms with van der Waals surface area (Å²) >= 11 is 0. The first kappa shape index (κ1) is 20.4. The van der Waals surface area contributed by atoms with E-state index in [9.17, 15) is 9.59 Å². The number of rotatable bonds is 3. The lowest BCUT2D eigenvalue weighted by Gasteiger charge is -2.43. The van der Waals surface area contributed by atoms with Gasteiger partial charge < -0.3 is 24.7 Å². The van der Waals surface area contributed by atoms with E-state index in [1.807, 2.05) is 42.5 Å². The molecule has 3 heterocycles. The number of para-hydroxylation sites is 1. The number of ether oxygens (including phenoxy) is 2. The maximum atomic E-state index is 13.9. The van der Waals surface area contributed by atoms with Gasteiger partial charge in [-0.2, -0.15) is 0 Å². The first-order chi connectivity index (χ1) is 16.6. The minimum atomic E-state index is -1.30. The number of methoxy groups -OCH3 is 2. The highest BCUT2D eigenvalue weighted by Crippen LogP contribution is 2.50. The van der Waals surface area contributed by atoms with E-state index in [1.54, 1.807) is 43.4 Å². The first-order valence-electron chi connectivity index (χ1n) is 11.1. The van der Waals surface area contributed by atoms with Crippen molar-refractivity contribution in [3.8, 4) is 11.5 Å². The summed E-state index contributed by atoms with van der Waals surface area (Å²) in [4.78, 5) is 33.0. The zero-order chi connectivity index (χ0) is 23.4. The number of amides is 2. The van der Waals surface area contributed by atoms with Gasteiger partial charge in [0.15, 0.2) is 5.54 Å². The molecule has 0 saturated carbocycles. The van der Waals surface area contributed by atoms with E-state index in [0.29, 0.717) is 30.0 Å². The summed E-state index contributed by atoms with van der Waals surface area (Å²) in [6.45, 7) is 0.393. The number of fused-ring (bicyclic) bond motifs is 6. The van der Waals surface area contributed by atoms with Crippen LogP contribution in [0.15, 0.2) is 66.7 Å². The molecule has 34 heavy (non-hydrogen) atoms. The van der Waals surface area contributed by atoms with Crippen LogP contribution in [0.2, 0.25) is 0 Å². The van der Waals surface area contributed by atoms with Crippen molar-refractivity contribution < 1.29 is 19.1 Å². The highest BCUT2D eigenvalue weighted by molar-refractivity contribution is 6.12. The molecule has 0 radical (unpaired) electrons. The van der Waals surface area contributed by atoms with Crippen molar-refractivity contribution in [2.75, 3.05) is 26.1 Å². The van der Waals surface area contributed by atoms with Crippen molar-refractivity contribution in [2.45, 2.75) is 12.0 Å². The standard InChI is InChI=1S/C27H23N3O4/c1-33-17-9-7-16(8-10-17)25(31)30-14-13-19-20-15-18(34-2)11-12-22(20)28-24(19)27(30)21-5-3-4-6-23(21)29-26(27)32/h3-12,15,28H,13-14H2,1-2H3,(H,29,32). The van der Waals surface area contributed by atoms with Crippen LogP contribution in [0.1, 0.15) is 27.2 Å². The molecule has 0 aliphatic carbocycles. The van der Waals surface area contributed by atoms with Crippen LogP contribution in [-0.2, 0) is 16.8 Å². The second-order valence-corrected chi connectivity index (χ2v) is 8.54. The molecule has 170 valence electrons. The van der Waals surface area contributed by atoms with E-state index in [0.717, 1.165) is 33.5 Å². The zero-order valence-electron chi connectivity index (χ0n) is 18.8. The third kappa shape index (κ3) is 2.64. The third-order valence-electron chi connectivity index (χ3n) is 6.94. The molecule has 2 amide bonds. The summed E-state index contributed by atoms with van der Waals surface area (Å²) in [7, 11) is 3.22. The molecule has 1 spiro atoms. The summed E-state index contributed by atoms with van der Waals surface area (Å²) < 4.78 is 10.7. The average molecular weight is 453 g/mol. The Kier molecular flexibility index (Phi) is 4.42. The van der Waals surface area contributed by atoms with E-state index in [2.05, 4.69) is 10.3 Å². The number of aromatic amines is 1. The van der Waals surface area contributed by atoms with Gasteiger partial charge in [0, 0.05) is 34.3 Å². The first-order valence-corrected chi connectivity index (χ1v) is 11.1. The Morgan fingerprint density at radius 1 is 0.971 bits per heavy atom. The van der Waals surface area contributed by atoms with Gasteiger partial charge in [-0.25, -0.2) is 0 Å². The molecule has 2 aliphatic rings. The minimum Gasteiger partial charge on any atom is -0.497 e. The van der Waals surface area contributed by atoms with Gasteiger partial charge in [0.1, 0.15) is 11.5 Å². The van der Waals surface area contributed by atoms with Crippen molar-refractivity contribution >= 4 is 28.4 Å². The zero-order valence-corrected chi connectivity index (χ0v) is 18.8. The molecule has 7 nitrogen and oxygen atoms in total. The lowest BCUT2D eigenvalue weighted by Crippen LogP contribution is -2.57. The van der Waals surface area contributed by atoms with Crippen LogP contribution in [0.25, 0.3) is 10.9 Å². The van der Waals surface area contributed by atoms with Gasteiger partial charge in [-0.15, -0.1) is 0 Å². The van der Waals surface area contributed by atoms with Crippen LogP contribution in [0, 0.1) is 0 Å². The molecule has 1 aromatic heterocycles. The third-order valence-corrected chi connectivity index (χ3v) is 6.94. The molecule has 0 saturated heterocycles. The van der Waals surface area contributed by atoms with E-state index < -0.39 is 5.54 Å². The predicted molar refractivity (Wildman–Crippen MR) is 128 cm³/mol. The van der Waals surface area contributed by atoms with Crippen LogP contribution in [-0.4, -0.2) is 42.5 Å². The number of nitrogens with one attached hydrogen (secondary N) is 2. The molecule has 3 aromatic carbocycles. The lowest BCUT2D eigenvalue weighted by atomic mass is 9.79. The molecular weight excluding hydrogens is 430 g/mol. The van der Waals surface area contributed by atoms with Gasteiger partial charge in [-0.3, -0.25) is 9.59 Å². The molecule has 2 aliphatic heterocycles. The smallest absolute Gasteiger partial charge is 0.261 e. The number of carbonyl (C=O) groups is 2. The van der Waals surface area contributed by atoms with E-state index in [4.69, 9.17) is 9.47 Å². The van der Waals surface area contributed by atoms with Crippen LogP contribution in [0.5, 0.6) is 11.5 Å². The fraction of sp³-hybridized carbons (Fsp3) is 0.185. The lowest BCUT2D eigenvalue weighted by molar-refractivity contribution is -0.124. The fourth-order valence-electron chi connectivity index (χ4n) is 5.35. The van der Waals surface area contributed by atoms with E-state index in [1.165, 1.54) is 0 Å². The maximum absolute atomic E-state index is 13.9. The van der Waals surface area contributed by atoms with Gasteiger partial charge in [0.05, 0.1) is 19.9 Å². The van der Waals surface area contributed by atoms with Crippen molar-refractivity contribution in [1.29, 1.82) is 0 Å². The number of hydrogen-bond acceptors (Lipinski definition) is 4. The van der Waals surface area contributed by atoms with E-state index in [-0.39, 0.29) is 11.8 Å². The number of hydrogen-bond donors (Lipinski definition) is 2. The van der Waals surface area contributed by atoms with Crippen molar-refractivity contribution in [3.05, 3.63) is 89.1 Å². The van der Waals surface area contributed by atoms with Gasteiger partial charge in [-0.1, -0.05) is 18.2 Å².